The summed E-state index contributed by atoms with van der Waals surface area (Å²) in [5.74, 6) is 0.758. The summed E-state index contributed by atoms with van der Waals surface area (Å²) in [7, 11) is 0. The first-order chi connectivity index (χ1) is 11.7. The molecule has 0 saturated carbocycles. The van der Waals surface area contributed by atoms with Gasteiger partial charge in [-0.15, -0.1) is 0 Å². The number of nitrogens with one attached hydrogen (secondary N) is 1. The molecule has 4 rings (SSSR count). The molecular formula is C19H15N5. The van der Waals surface area contributed by atoms with Gasteiger partial charge in [-0.25, -0.2) is 4.98 Å². The zero-order valence-corrected chi connectivity index (χ0v) is 12.9. The molecule has 0 saturated heterocycles. The number of fused-ring (bicyclic) bond motifs is 1. The van der Waals surface area contributed by atoms with Crippen LogP contribution in [0.3, 0.4) is 0 Å². The second-order valence-electron chi connectivity index (χ2n) is 5.46. The van der Waals surface area contributed by atoms with Gasteiger partial charge >= 0.3 is 0 Å². The second-order valence-corrected chi connectivity index (χ2v) is 5.46. The van der Waals surface area contributed by atoms with E-state index in [2.05, 4.69) is 32.7 Å². The van der Waals surface area contributed by atoms with E-state index in [0.717, 1.165) is 33.7 Å². The van der Waals surface area contributed by atoms with Crippen LogP contribution in [0.25, 0.3) is 33.7 Å². The van der Waals surface area contributed by atoms with Crippen molar-refractivity contribution in [2.75, 3.05) is 5.73 Å². The highest BCUT2D eigenvalue weighted by Gasteiger charge is 2.08. The van der Waals surface area contributed by atoms with Crippen LogP contribution in [-0.4, -0.2) is 21.7 Å². The maximum atomic E-state index is 6.00. The zero-order valence-electron chi connectivity index (χ0n) is 12.9. The Bertz CT molecular complexity index is 1030. The molecule has 0 spiro atoms. The highest BCUT2D eigenvalue weighted by Crippen LogP contribution is 2.30. The van der Waals surface area contributed by atoms with Gasteiger partial charge in [-0.3, -0.25) is 9.98 Å². The van der Waals surface area contributed by atoms with Gasteiger partial charge in [-0.1, -0.05) is 18.2 Å². The van der Waals surface area contributed by atoms with Crippen molar-refractivity contribution >= 4 is 29.1 Å². The standard InChI is InChI=1S/C19H15N5/c1-21-15-7-5-12(10-14(15)20)13-6-8-16-18(11-13)24-19(23-16)17-4-2-3-9-22-17/h2-11H,1,20H2,(H,23,24). The van der Waals surface area contributed by atoms with Gasteiger partial charge in [0.2, 0.25) is 0 Å². The molecule has 0 aliphatic heterocycles. The summed E-state index contributed by atoms with van der Waals surface area (Å²) in [6, 6.07) is 17.6. The molecule has 3 N–H and O–H groups in total. The number of benzene rings is 2. The van der Waals surface area contributed by atoms with E-state index in [1.807, 2.05) is 48.5 Å². The maximum absolute atomic E-state index is 6.00. The molecular weight excluding hydrogens is 298 g/mol. The topological polar surface area (TPSA) is 80.0 Å². The predicted octanol–water partition coefficient (Wildman–Crippen LogP) is 4.21. The number of aromatic nitrogens is 3. The monoisotopic (exact) mass is 313 g/mol. The molecule has 0 fully saturated rings. The van der Waals surface area contributed by atoms with Crippen LogP contribution in [0.2, 0.25) is 0 Å². The Hall–Kier alpha value is -3.47. The number of aromatic amines is 1. The van der Waals surface area contributed by atoms with Gasteiger partial charge in [0.15, 0.2) is 5.82 Å². The largest absolute Gasteiger partial charge is 0.397 e. The molecule has 24 heavy (non-hydrogen) atoms. The van der Waals surface area contributed by atoms with E-state index in [1.165, 1.54) is 0 Å². The van der Waals surface area contributed by atoms with Crippen molar-refractivity contribution in [1.82, 2.24) is 15.0 Å². The van der Waals surface area contributed by atoms with Crippen LogP contribution in [0.4, 0.5) is 11.4 Å². The van der Waals surface area contributed by atoms with Gasteiger partial charge in [0.1, 0.15) is 5.69 Å². The Morgan fingerprint density at radius 3 is 2.58 bits per heavy atom. The lowest BCUT2D eigenvalue weighted by Crippen LogP contribution is -1.87. The fourth-order valence-electron chi connectivity index (χ4n) is 2.69. The summed E-state index contributed by atoms with van der Waals surface area (Å²) in [6.07, 6.45) is 1.76. The summed E-state index contributed by atoms with van der Waals surface area (Å²) in [5.41, 5.74) is 12.1. The van der Waals surface area contributed by atoms with E-state index in [-0.39, 0.29) is 0 Å². The molecule has 0 radical (unpaired) electrons. The number of anilines is 1. The lowest BCUT2D eigenvalue weighted by atomic mass is 10.0. The number of nitrogen functional groups attached to an aromatic ring is 1. The maximum Gasteiger partial charge on any atom is 0.157 e. The summed E-state index contributed by atoms with van der Waals surface area (Å²) < 4.78 is 0. The second kappa shape index (κ2) is 5.62. The number of pyridine rings is 1. The Kier molecular flexibility index (Phi) is 3.31. The van der Waals surface area contributed by atoms with Crippen LogP contribution >= 0.6 is 0 Å². The van der Waals surface area contributed by atoms with Crippen LogP contribution in [-0.2, 0) is 0 Å². The number of H-pyrrole nitrogens is 1. The lowest BCUT2D eigenvalue weighted by Gasteiger charge is -2.05. The molecule has 0 bridgehead atoms. The van der Waals surface area contributed by atoms with E-state index in [4.69, 9.17) is 5.73 Å². The molecule has 4 aromatic rings. The predicted molar refractivity (Wildman–Crippen MR) is 98.4 cm³/mol. The molecule has 2 aromatic heterocycles. The van der Waals surface area contributed by atoms with Crippen molar-refractivity contribution in [3.63, 3.8) is 0 Å². The zero-order chi connectivity index (χ0) is 16.5. The molecule has 0 amide bonds. The third-order valence-corrected chi connectivity index (χ3v) is 3.92. The Morgan fingerprint density at radius 2 is 1.83 bits per heavy atom. The van der Waals surface area contributed by atoms with Crippen molar-refractivity contribution in [3.05, 3.63) is 60.8 Å². The first-order valence-corrected chi connectivity index (χ1v) is 7.52. The summed E-state index contributed by atoms with van der Waals surface area (Å²) in [4.78, 5) is 16.1. The van der Waals surface area contributed by atoms with Crippen LogP contribution in [0.15, 0.2) is 65.8 Å². The normalized spacial score (nSPS) is 10.8. The van der Waals surface area contributed by atoms with E-state index in [0.29, 0.717) is 11.4 Å². The molecule has 116 valence electrons. The fourth-order valence-corrected chi connectivity index (χ4v) is 2.69. The minimum absolute atomic E-state index is 0.612. The van der Waals surface area contributed by atoms with Crippen LogP contribution < -0.4 is 5.73 Å². The first-order valence-electron chi connectivity index (χ1n) is 7.52. The Labute approximate surface area is 138 Å². The lowest BCUT2D eigenvalue weighted by molar-refractivity contribution is 1.24. The van der Waals surface area contributed by atoms with Crippen LogP contribution in [0.1, 0.15) is 0 Å². The van der Waals surface area contributed by atoms with Crippen molar-refractivity contribution < 1.29 is 0 Å². The van der Waals surface area contributed by atoms with E-state index in [9.17, 15) is 0 Å². The molecule has 0 aliphatic rings. The van der Waals surface area contributed by atoms with E-state index < -0.39 is 0 Å². The Morgan fingerprint density at radius 1 is 1.00 bits per heavy atom. The number of nitrogens with zero attached hydrogens (tertiary/aromatic N) is 3. The molecule has 5 nitrogen and oxygen atoms in total. The molecule has 5 heteroatoms. The highest BCUT2D eigenvalue weighted by atomic mass is 14.9. The number of imidazole rings is 1. The van der Waals surface area contributed by atoms with Crippen molar-refractivity contribution in [3.8, 4) is 22.6 Å². The minimum Gasteiger partial charge on any atom is -0.397 e. The SMILES string of the molecule is C=Nc1ccc(-c2ccc3nc(-c4ccccn4)[nH]c3c2)cc1N. The van der Waals surface area contributed by atoms with Crippen LogP contribution in [0, 0.1) is 0 Å². The molecule has 0 aliphatic carbocycles. The fraction of sp³-hybridized carbons (Fsp3) is 0. The van der Waals surface area contributed by atoms with Gasteiger partial charge in [0, 0.05) is 6.20 Å². The minimum atomic E-state index is 0.612. The van der Waals surface area contributed by atoms with Gasteiger partial charge in [0.25, 0.3) is 0 Å². The number of aliphatic imine (C=N–C) groups is 1. The molecule has 2 heterocycles. The highest BCUT2D eigenvalue weighted by molar-refractivity contribution is 5.85. The van der Waals surface area contributed by atoms with Crippen molar-refractivity contribution in [2.24, 2.45) is 4.99 Å². The number of rotatable bonds is 3. The third-order valence-electron chi connectivity index (χ3n) is 3.92. The molecule has 0 unspecified atom stereocenters. The van der Waals surface area contributed by atoms with Gasteiger partial charge in [0.05, 0.1) is 22.4 Å². The third kappa shape index (κ3) is 2.42. The number of nitrogens with two attached hydrogens (primary N) is 1. The van der Waals surface area contributed by atoms with Gasteiger partial charge in [-0.2, -0.15) is 0 Å². The van der Waals surface area contributed by atoms with E-state index >= 15 is 0 Å². The van der Waals surface area contributed by atoms with E-state index in [1.54, 1.807) is 6.20 Å². The smallest absolute Gasteiger partial charge is 0.157 e. The molecule has 0 atom stereocenters. The number of hydrogen-bond acceptors (Lipinski definition) is 4. The van der Waals surface area contributed by atoms with Gasteiger partial charge < -0.3 is 10.7 Å². The summed E-state index contributed by atoms with van der Waals surface area (Å²) >= 11 is 0. The summed E-state index contributed by atoms with van der Waals surface area (Å²) in [5, 5.41) is 0. The van der Waals surface area contributed by atoms with Crippen LogP contribution in [0.5, 0.6) is 0 Å². The molecule has 2 aromatic carbocycles. The first kappa shape index (κ1) is 14.1. The van der Waals surface area contributed by atoms with Gasteiger partial charge in [-0.05, 0) is 54.2 Å². The quantitative estimate of drug-likeness (QED) is 0.439. The Balaban J connectivity index is 1.78. The van der Waals surface area contributed by atoms with Crippen molar-refractivity contribution in [2.45, 2.75) is 0 Å². The number of hydrogen-bond donors (Lipinski definition) is 2. The average molecular weight is 313 g/mol. The summed E-state index contributed by atoms with van der Waals surface area (Å²) in [6.45, 7) is 3.52. The average Bonchev–Trinajstić information content (AvgIpc) is 3.05. The van der Waals surface area contributed by atoms with Crippen molar-refractivity contribution in [1.29, 1.82) is 0 Å².